The zero-order chi connectivity index (χ0) is 15.7. The van der Waals surface area contributed by atoms with Crippen LogP contribution < -0.4 is 10.6 Å². The van der Waals surface area contributed by atoms with Crippen LogP contribution in [-0.2, 0) is 18.0 Å². The summed E-state index contributed by atoms with van der Waals surface area (Å²) >= 11 is 5.93. The molecule has 6 heteroatoms. The van der Waals surface area contributed by atoms with Gasteiger partial charge in [0.05, 0.1) is 5.56 Å². The summed E-state index contributed by atoms with van der Waals surface area (Å²) in [6, 6.07) is 10.6. The number of amides is 1. The predicted molar refractivity (Wildman–Crippen MR) is 83.5 cm³/mol. The average Bonchev–Trinajstić information content (AvgIpc) is 2.96. The molecule has 5 nitrogen and oxygen atoms in total. The number of benzene rings is 2. The van der Waals surface area contributed by atoms with Crippen LogP contribution >= 0.6 is 11.6 Å². The van der Waals surface area contributed by atoms with Gasteiger partial charge in [-0.1, -0.05) is 23.7 Å². The smallest absolute Gasteiger partial charge is 0.256 e. The Hall–Kier alpha value is -2.24. The third-order valence-electron chi connectivity index (χ3n) is 3.51. The first kappa shape index (κ1) is 14.7. The molecule has 2 N–H and O–H groups in total. The molecule has 0 spiro atoms. The van der Waals surface area contributed by atoms with E-state index in [-0.39, 0.29) is 5.91 Å². The van der Waals surface area contributed by atoms with Gasteiger partial charge in [-0.25, -0.2) is 0 Å². The fourth-order valence-corrected chi connectivity index (χ4v) is 2.49. The number of nitrogens with two attached hydrogens (primary N) is 1. The van der Waals surface area contributed by atoms with E-state index in [2.05, 4.69) is 0 Å². The van der Waals surface area contributed by atoms with Crippen LogP contribution in [0.1, 0.15) is 21.5 Å². The Morgan fingerprint density at radius 1 is 1.32 bits per heavy atom. The van der Waals surface area contributed by atoms with E-state index in [1.54, 1.807) is 30.1 Å². The standard InChI is InChI=1S/C16H15ClN2O3/c1-19(16(20)13-7-12(17)4-5-14(13)18)8-10-2-3-11-9-21-22-15(11)6-10/h2-7H,8-9,18H2,1H3. The molecular formula is C16H15ClN2O3. The summed E-state index contributed by atoms with van der Waals surface area (Å²) in [6.45, 7) is 0.880. The molecule has 22 heavy (non-hydrogen) atoms. The van der Waals surface area contributed by atoms with Crippen LogP contribution in [0.4, 0.5) is 5.69 Å². The minimum atomic E-state index is -0.183. The molecule has 1 amide bonds. The Morgan fingerprint density at radius 3 is 2.95 bits per heavy atom. The number of carbonyl (C=O) groups is 1. The molecule has 114 valence electrons. The van der Waals surface area contributed by atoms with Gasteiger partial charge in [-0.05, 0) is 29.8 Å². The number of halogens is 1. The van der Waals surface area contributed by atoms with E-state index in [4.69, 9.17) is 27.1 Å². The molecular weight excluding hydrogens is 304 g/mol. The van der Waals surface area contributed by atoms with Crippen LogP contribution in [-0.4, -0.2) is 17.9 Å². The van der Waals surface area contributed by atoms with Gasteiger partial charge < -0.3 is 15.5 Å². The lowest BCUT2D eigenvalue weighted by Gasteiger charge is -2.18. The minimum absolute atomic E-state index is 0.183. The maximum absolute atomic E-state index is 12.5. The quantitative estimate of drug-likeness (QED) is 0.698. The molecule has 0 aliphatic carbocycles. The first-order valence-electron chi connectivity index (χ1n) is 6.76. The number of anilines is 1. The van der Waals surface area contributed by atoms with E-state index < -0.39 is 0 Å². The van der Waals surface area contributed by atoms with Gasteiger partial charge >= 0.3 is 0 Å². The highest BCUT2D eigenvalue weighted by Gasteiger charge is 2.18. The second kappa shape index (κ2) is 5.87. The van der Waals surface area contributed by atoms with Gasteiger partial charge in [-0.3, -0.25) is 4.79 Å². The van der Waals surface area contributed by atoms with Gasteiger partial charge in [0, 0.05) is 29.9 Å². The van der Waals surface area contributed by atoms with Gasteiger partial charge in [0.25, 0.3) is 5.91 Å². The van der Waals surface area contributed by atoms with Crippen molar-refractivity contribution in [3.8, 4) is 5.75 Å². The number of hydrogen-bond acceptors (Lipinski definition) is 4. The van der Waals surface area contributed by atoms with Gasteiger partial charge in [0.15, 0.2) is 5.75 Å². The molecule has 3 rings (SSSR count). The molecule has 2 aromatic carbocycles. The van der Waals surface area contributed by atoms with Crippen molar-refractivity contribution in [3.05, 3.63) is 58.1 Å². The number of nitrogens with zero attached hydrogens (tertiary/aromatic N) is 1. The first-order chi connectivity index (χ1) is 10.5. The molecule has 2 aromatic rings. The van der Waals surface area contributed by atoms with Crippen molar-refractivity contribution in [1.29, 1.82) is 0 Å². The van der Waals surface area contributed by atoms with Gasteiger partial charge in [-0.15, -0.1) is 0 Å². The van der Waals surface area contributed by atoms with E-state index in [1.807, 2.05) is 18.2 Å². The van der Waals surface area contributed by atoms with Crippen molar-refractivity contribution in [3.63, 3.8) is 0 Å². The Bertz CT molecular complexity index is 733. The Morgan fingerprint density at radius 2 is 2.14 bits per heavy atom. The highest BCUT2D eigenvalue weighted by Crippen LogP contribution is 2.27. The molecule has 0 aromatic heterocycles. The summed E-state index contributed by atoms with van der Waals surface area (Å²) in [5, 5.41) is 0.481. The maximum Gasteiger partial charge on any atom is 0.256 e. The van der Waals surface area contributed by atoms with Crippen LogP contribution in [0.5, 0.6) is 5.75 Å². The summed E-state index contributed by atoms with van der Waals surface area (Å²) < 4.78 is 0. The molecule has 1 aliphatic heterocycles. The van der Waals surface area contributed by atoms with Crippen LogP contribution in [0.25, 0.3) is 0 Å². The Labute approximate surface area is 133 Å². The third kappa shape index (κ3) is 2.86. The zero-order valence-electron chi connectivity index (χ0n) is 12.0. The number of rotatable bonds is 3. The van der Waals surface area contributed by atoms with E-state index >= 15 is 0 Å². The molecule has 0 atom stereocenters. The number of fused-ring (bicyclic) bond motifs is 1. The lowest BCUT2D eigenvalue weighted by molar-refractivity contribution is -0.194. The number of hydrogen-bond donors (Lipinski definition) is 1. The van der Waals surface area contributed by atoms with Crippen LogP contribution in [0.3, 0.4) is 0 Å². The van der Waals surface area contributed by atoms with Gasteiger partial charge in [0.2, 0.25) is 0 Å². The normalized spacial score (nSPS) is 12.6. The monoisotopic (exact) mass is 318 g/mol. The third-order valence-corrected chi connectivity index (χ3v) is 3.74. The van der Waals surface area contributed by atoms with E-state index in [1.165, 1.54) is 0 Å². The first-order valence-corrected chi connectivity index (χ1v) is 7.14. The molecule has 1 heterocycles. The van der Waals surface area contributed by atoms with Crippen molar-refractivity contribution in [2.75, 3.05) is 12.8 Å². The second-order valence-electron chi connectivity index (χ2n) is 5.18. The lowest BCUT2D eigenvalue weighted by Crippen LogP contribution is -2.27. The number of carbonyl (C=O) groups excluding carboxylic acids is 1. The molecule has 0 saturated carbocycles. The predicted octanol–water partition coefficient (Wildman–Crippen LogP) is 3.02. The molecule has 0 unspecified atom stereocenters. The topological polar surface area (TPSA) is 64.8 Å². The summed E-state index contributed by atoms with van der Waals surface area (Å²) in [5.41, 5.74) is 8.60. The minimum Gasteiger partial charge on any atom is -0.398 e. The second-order valence-corrected chi connectivity index (χ2v) is 5.62. The SMILES string of the molecule is CN(Cc1ccc2c(c1)OOC2)C(=O)c1cc(Cl)ccc1N. The van der Waals surface area contributed by atoms with Crippen molar-refractivity contribution < 1.29 is 14.6 Å². The van der Waals surface area contributed by atoms with Crippen molar-refractivity contribution in [1.82, 2.24) is 4.90 Å². The Balaban J connectivity index is 1.77. The number of nitrogen functional groups attached to an aromatic ring is 1. The van der Waals surface area contributed by atoms with E-state index in [9.17, 15) is 4.79 Å². The van der Waals surface area contributed by atoms with Crippen LogP contribution in [0.2, 0.25) is 5.02 Å². The largest absolute Gasteiger partial charge is 0.398 e. The van der Waals surface area contributed by atoms with Crippen molar-refractivity contribution in [2.24, 2.45) is 0 Å². The zero-order valence-corrected chi connectivity index (χ0v) is 12.8. The lowest BCUT2D eigenvalue weighted by atomic mass is 10.1. The van der Waals surface area contributed by atoms with Gasteiger partial charge in [0.1, 0.15) is 6.61 Å². The fraction of sp³-hybridized carbons (Fsp3) is 0.188. The molecule has 0 fully saturated rings. The molecule has 0 bridgehead atoms. The fourth-order valence-electron chi connectivity index (χ4n) is 2.32. The highest BCUT2D eigenvalue weighted by molar-refractivity contribution is 6.31. The van der Waals surface area contributed by atoms with E-state index in [0.29, 0.717) is 35.2 Å². The average molecular weight is 319 g/mol. The van der Waals surface area contributed by atoms with Crippen LogP contribution in [0.15, 0.2) is 36.4 Å². The van der Waals surface area contributed by atoms with E-state index in [0.717, 1.165) is 11.1 Å². The highest BCUT2D eigenvalue weighted by atomic mass is 35.5. The molecule has 1 aliphatic rings. The maximum atomic E-state index is 12.5. The van der Waals surface area contributed by atoms with Crippen molar-refractivity contribution >= 4 is 23.2 Å². The van der Waals surface area contributed by atoms with Gasteiger partial charge in [-0.2, -0.15) is 4.89 Å². The Kier molecular flexibility index (Phi) is 3.92. The van der Waals surface area contributed by atoms with Crippen LogP contribution in [0, 0.1) is 0 Å². The summed E-state index contributed by atoms with van der Waals surface area (Å²) in [4.78, 5) is 24.0. The molecule has 0 saturated heterocycles. The molecule has 0 radical (unpaired) electrons. The summed E-state index contributed by atoms with van der Waals surface area (Å²) in [6.07, 6.45) is 0. The summed E-state index contributed by atoms with van der Waals surface area (Å²) in [7, 11) is 1.72. The van der Waals surface area contributed by atoms with Crippen molar-refractivity contribution in [2.45, 2.75) is 13.2 Å². The summed E-state index contributed by atoms with van der Waals surface area (Å²) in [5.74, 6) is 0.512.